The molecule has 0 saturated carbocycles. The van der Waals surface area contributed by atoms with Crippen molar-refractivity contribution in [2.24, 2.45) is 0 Å². The fourth-order valence-electron chi connectivity index (χ4n) is 2.70. The van der Waals surface area contributed by atoms with Crippen LogP contribution < -0.4 is 5.32 Å². The van der Waals surface area contributed by atoms with Gasteiger partial charge in [0.1, 0.15) is 5.01 Å². The maximum Gasteiger partial charge on any atom is 0.109 e. The number of aromatic nitrogens is 1. The van der Waals surface area contributed by atoms with Crippen molar-refractivity contribution in [1.82, 2.24) is 10.3 Å². The predicted octanol–water partition coefficient (Wildman–Crippen LogP) is 4.44. The Kier molecular flexibility index (Phi) is 3.61. The average molecular weight is 293 g/mol. The zero-order chi connectivity index (χ0) is 13.4. The normalized spacial score (nSPS) is 19.4. The predicted molar refractivity (Wildman–Crippen MR) is 80.9 cm³/mol. The molecule has 100 valence electrons. The van der Waals surface area contributed by atoms with E-state index in [1.54, 1.807) is 11.3 Å². The van der Waals surface area contributed by atoms with Crippen molar-refractivity contribution in [1.29, 1.82) is 0 Å². The molecule has 1 heterocycles. The van der Waals surface area contributed by atoms with Gasteiger partial charge < -0.3 is 5.32 Å². The zero-order valence-corrected chi connectivity index (χ0v) is 12.7. The SMILES string of the molecule is Cc1cnc(C(C)NC2CCc3cc(Cl)ccc32)s1. The van der Waals surface area contributed by atoms with Crippen LogP contribution in [0.2, 0.25) is 5.02 Å². The number of nitrogens with one attached hydrogen (secondary N) is 1. The molecule has 0 amide bonds. The summed E-state index contributed by atoms with van der Waals surface area (Å²) in [6.07, 6.45) is 4.20. The Bertz CT molecular complexity index is 594. The Hall–Kier alpha value is -0.900. The van der Waals surface area contributed by atoms with E-state index in [4.69, 9.17) is 11.6 Å². The van der Waals surface area contributed by atoms with Crippen molar-refractivity contribution < 1.29 is 0 Å². The van der Waals surface area contributed by atoms with Gasteiger partial charge in [-0.1, -0.05) is 17.7 Å². The maximum atomic E-state index is 6.05. The fraction of sp³-hybridized carbons (Fsp3) is 0.400. The highest BCUT2D eigenvalue weighted by Gasteiger charge is 2.24. The van der Waals surface area contributed by atoms with Gasteiger partial charge in [0.2, 0.25) is 0 Å². The van der Waals surface area contributed by atoms with Crippen LogP contribution in [0.3, 0.4) is 0 Å². The summed E-state index contributed by atoms with van der Waals surface area (Å²) >= 11 is 7.81. The first-order valence-corrected chi connectivity index (χ1v) is 7.79. The molecule has 1 aliphatic rings. The fourth-order valence-corrected chi connectivity index (χ4v) is 3.68. The molecule has 4 heteroatoms. The second-order valence-corrected chi connectivity index (χ2v) is 6.83. The Morgan fingerprint density at radius 3 is 3.05 bits per heavy atom. The number of fused-ring (bicyclic) bond motifs is 1. The summed E-state index contributed by atoms with van der Waals surface area (Å²) in [7, 11) is 0. The topological polar surface area (TPSA) is 24.9 Å². The molecule has 1 aromatic heterocycles. The third kappa shape index (κ3) is 2.69. The first-order chi connectivity index (χ1) is 9.13. The van der Waals surface area contributed by atoms with E-state index < -0.39 is 0 Å². The van der Waals surface area contributed by atoms with Crippen molar-refractivity contribution >= 4 is 22.9 Å². The monoisotopic (exact) mass is 292 g/mol. The summed E-state index contributed by atoms with van der Waals surface area (Å²) in [5.41, 5.74) is 2.78. The van der Waals surface area contributed by atoms with Crippen LogP contribution in [0, 0.1) is 6.92 Å². The molecule has 2 unspecified atom stereocenters. The molecule has 0 saturated heterocycles. The number of hydrogen-bond acceptors (Lipinski definition) is 3. The second kappa shape index (κ2) is 5.23. The van der Waals surface area contributed by atoms with Crippen molar-refractivity contribution in [3.63, 3.8) is 0 Å². The summed E-state index contributed by atoms with van der Waals surface area (Å²) in [5.74, 6) is 0. The van der Waals surface area contributed by atoms with E-state index in [2.05, 4.69) is 36.3 Å². The summed E-state index contributed by atoms with van der Waals surface area (Å²) in [6, 6.07) is 6.95. The van der Waals surface area contributed by atoms with Crippen LogP contribution in [0.1, 0.15) is 46.4 Å². The Labute approximate surface area is 122 Å². The van der Waals surface area contributed by atoms with Gasteiger partial charge in [-0.05, 0) is 49.9 Å². The summed E-state index contributed by atoms with van der Waals surface area (Å²) in [5, 5.41) is 5.69. The highest BCUT2D eigenvalue weighted by molar-refractivity contribution is 7.11. The van der Waals surface area contributed by atoms with E-state index in [0.717, 1.165) is 17.9 Å². The van der Waals surface area contributed by atoms with E-state index in [1.807, 2.05) is 12.3 Å². The molecule has 2 aromatic rings. The first-order valence-electron chi connectivity index (χ1n) is 6.60. The lowest BCUT2D eigenvalue weighted by molar-refractivity contribution is 0.464. The largest absolute Gasteiger partial charge is 0.301 e. The molecule has 0 radical (unpaired) electrons. The lowest BCUT2D eigenvalue weighted by atomic mass is 10.1. The third-order valence-electron chi connectivity index (χ3n) is 3.64. The van der Waals surface area contributed by atoms with Crippen LogP contribution in [0.15, 0.2) is 24.4 Å². The van der Waals surface area contributed by atoms with Crippen molar-refractivity contribution in [3.05, 3.63) is 50.4 Å². The molecule has 2 nitrogen and oxygen atoms in total. The Morgan fingerprint density at radius 1 is 1.47 bits per heavy atom. The van der Waals surface area contributed by atoms with Crippen LogP contribution in [0.4, 0.5) is 0 Å². The maximum absolute atomic E-state index is 6.05. The van der Waals surface area contributed by atoms with Gasteiger partial charge in [-0.15, -0.1) is 11.3 Å². The number of thiazole rings is 1. The minimum Gasteiger partial charge on any atom is -0.301 e. The van der Waals surface area contributed by atoms with E-state index in [-0.39, 0.29) is 0 Å². The molecule has 3 rings (SSSR count). The van der Waals surface area contributed by atoms with E-state index in [1.165, 1.54) is 21.0 Å². The van der Waals surface area contributed by atoms with E-state index in [0.29, 0.717) is 12.1 Å². The molecule has 0 bridgehead atoms. The van der Waals surface area contributed by atoms with Gasteiger partial charge >= 0.3 is 0 Å². The molecular weight excluding hydrogens is 276 g/mol. The number of halogens is 1. The van der Waals surface area contributed by atoms with Gasteiger partial charge in [-0.2, -0.15) is 0 Å². The Morgan fingerprint density at radius 2 is 2.32 bits per heavy atom. The van der Waals surface area contributed by atoms with E-state index in [9.17, 15) is 0 Å². The van der Waals surface area contributed by atoms with Crippen molar-refractivity contribution in [2.75, 3.05) is 0 Å². The molecule has 0 fully saturated rings. The molecule has 19 heavy (non-hydrogen) atoms. The molecule has 2 atom stereocenters. The number of benzene rings is 1. The standard InChI is InChI=1S/C15H17ClN2S/c1-9-8-17-15(19-9)10(2)18-14-6-3-11-7-12(16)4-5-13(11)14/h4-5,7-8,10,14,18H,3,6H2,1-2H3. The molecular formula is C15H17ClN2S. The van der Waals surface area contributed by atoms with Crippen LogP contribution >= 0.6 is 22.9 Å². The molecule has 1 aromatic carbocycles. The van der Waals surface area contributed by atoms with Crippen LogP contribution in [-0.4, -0.2) is 4.98 Å². The highest BCUT2D eigenvalue weighted by Crippen LogP contribution is 2.34. The van der Waals surface area contributed by atoms with Gasteiger partial charge in [0.15, 0.2) is 0 Å². The van der Waals surface area contributed by atoms with E-state index >= 15 is 0 Å². The zero-order valence-electron chi connectivity index (χ0n) is 11.1. The minimum absolute atomic E-state index is 0.297. The lowest BCUT2D eigenvalue weighted by Gasteiger charge is -2.18. The average Bonchev–Trinajstić information content (AvgIpc) is 2.96. The number of nitrogens with zero attached hydrogens (tertiary/aromatic N) is 1. The smallest absolute Gasteiger partial charge is 0.109 e. The number of hydrogen-bond donors (Lipinski definition) is 1. The van der Waals surface area contributed by atoms with Crippen LogP contribution in [0.5, 0.6) is 0 Å². The summed E-state index contributed by atoms with van der Waals surface area (Å²) in [4.78, 5) is 5.73. The van der Waals surface area contributed by atoms with Crippen molar-refractivity contribution in [3.8, 4) is 0 Å². The Balaban J connectivity index is 1.76. The summed E-state index contributed by atoms with van der Waals surface area (Å²) < 4.78 is 0. The molecule has 1 N–H and O–H groups in total. The highest BCUT2D eigenvalue weighted by atomic mass is 35.5. The molecule has 0 spiro atoms. The molecule has 1 aliphatic carbocycles. The lowest BCUT2D eigenvalue weighted by Crippen LogP contribution is -2.22. The quantitative estimate of drug-likeness (QED) is 0.904. The number of aryl methyl sites for hydroxylation is 2. The van der Waals surface area contributed by atoms with Crippen LogP contribution in [-0.2, 0) is 6.42 Å². The number of rotatable bonds is 3. The third-order valence-corrected chi connectivity index (χ3v) is 4.97. The van der Waals surface area contributed by atoms with Gasteiger partial charge in [-0.3, -0.25) is 0 Å². The molecule has 0 aliphatic heterocycles. The van der Waals surface area contributed by atoms with Gasteiger partial charge in [-0.25, -0.2) is 4.98 Å². The minimum atomic E-state index is 0.297. The summed E-state index contributed by atoms with van der Waals surface area (Å²) in [6.45, 7) is 4.28. The van der Waals surface area contributed by atoms with Gasteiger partial charge in [0.05, 0.1) is 6.04 Å². The van der Waals surface area contributed by atoms with Crippen LogP contribution in [0.25, 0.3) is 0 Å². The van der Waals surface area contributed by atoms with Gasteiger partial charge in [0.25, 0.3) is 0 Å². The first kappa shape index (κ1) is 13.1. The van der Waals surface area contributed by atoms with Gasteiger partial charge in [0, 0.05) is 22.1 Å². The second-order valence-electron chi connectivity index (χ2n) is 5.13. The van der Waals surface area contributed by atoms with Crippen molar-refractivity contribution in [2.45, 2.75) is 38.8 Å².